The smallest absolute Gasteiger partial charge is 0.211 e. The van der Waals surface area contributed by atoms with Crippen molar-refractivity contribution < 1.29 is 8.42 Å². The lowest BCUT2D eigenvalue weighted by Gasteiger charge is -2.11. The van der Waals surface area contributed by atoms with E-state index < -0.39 is 10.0 Å². The summed E-state index contributed by atoms with van der Waals surface area (Å²) in [7, 11) is -3.07. The van der Waals surface area contributed by atoms with Crippen molar-refractivity contribution in [3.05, 3.63) is 17.5 Å². The van der Waals surface area contributed by atoms with E-state index in [0.717, 1.165) is 17.8 Å². The number of nitrogens with zero attached hydrogens (tertiary/aromatic N) is 3. The maximum absolute atomic E-state index is 11.3. The van der Waals surface area contributed by atoms with Crippen LogP contribution in [0.25, 0.3) is 0 Å². The summed E-state index contributed by atoms with van der Waals surface area (Å²) in [5, 5.41) is 4.17. The van der Waals surface area contributed by atoms with E-state index in [9.17, 15) is 8.42 Å². The highest BCUT2D eigenvalue weighted by molar-refractivity contribution is 7.88. The van der Waals surface area contributed by atoms with Gasteiger partial charge in [0, 0.05) is 18.7 Å². The van der Waals surface area contributed by atoms with Gasteiger partial charge < -0.3 is 0 Å². The van der Waals surface area contributed by atoms with Gasteiger partial charge in [-0.1, -0.05) is 0 Å². The summed E-state index contributed by atoms with van der Waals surface area (Å²) in [4.78, 5) is 0. The fourth-order valence-corrected chi connectivity index (χ4v) is 2.41. The molecule has 1 aliphatic heterocycles. The Bertz CT molecular complexity index is 449. The van der Waals surface area contributed by atoms with Crippen LogP contribution in [0.2, 0.25) is 0 Å². The minimum absolute atomic E-state index is 0.460. The molecule has 0 atom stereocenters. The van der Waals surface area contributed by atoms with Gasteiger partial charge in [0.1, 0.15) is 0 Å². The molecule has 6 heteroatoms. The lowest BCUT2D eigenvalue weighted by atomic mass is 10.3. The Kier molecular flexibility index (Phi) is 2.11. The van der Waals surface area contributed by atoms with E-state index in [4.69, 9.17) is 0 Å². The first kappa shape index (κ1) is 9.67. The summed E-state index contributed by atoms with van der Waals surface area (Å²) >= 11 is 0. The molecule has 5 nitrogen and oxygen atoms in total. The Labute approximate surface area is 83.4 Å². The molecular weight excluding hydrogens is 202 g/mol. The largest absolute Gasteiger partial charge is 0.268 e. The van der Waals surface area contributed by atoms with Crippen LogP contribution in [0.1, 0.15) is 18.2 Å². The topological polar surface area (TPSA) is 55.2 Å². The maximum atomic E-state index is 11.3. The van der Waals surface area contributed by atoms with Crippen LogP contribution in [-0.4, -0.2) is 28.8 Å². The zero-order valence-corrected chi connectivity index (χ0v) is 9.08. The molecule has 0 radical (unpaired) electrons. The number of aryl methyl sites for hydroxylation is 1. The molecule has 14 heavy (non-hydrogen) atoms. The second-order valence-electron chi connectivity index (χ2n) is 3.46. The summed E-state index contributed by atoms with van der Waals surface area (Å²) in [6, 6.07) is 0. The molecule has 0 bridgehead atoms. The average Bonchev–Trinajstić information content (AvgIpc) is 2.58. The Morgan fingerprint density at radius 1 is 1.50 bits per heavy atom. The zero-order chi connectivity index (χ0) is 10.3. The summed E-state index contributed by atoms with van der Waals surface area (Å²) in [6.45, 7) is 3.71. The quantitative estimate of drug-likeness (QED) is 0.707. The van der Waals surface area contributed by atoms with Gasteiger partial charge in [-0.15, -0.1) is 0 Å². The third-order valence-electron chi connectivity index (χ3n) is 2.48. The number of fused-ring (bicyclic) bond motifs is 1. The van der Waals surface area contributed by atoms with Crippen LogP contribution in [0.5, 0.6) is 0 Å². The molecule has 0 saturated heterocycles. The molecule has 0 aliphatic carbocycles. The SMILES string of the molecule is CCn1ncc2c1CN(S(C)(=O)=O)C2. The van der Waals surface area contributed by atoms with E-state index in [1.54, 1.807) is 6.20 Å². The van der Waals surface area contributed by atoms with Gasteiger partial charge in [-0.05, 0) is 6.92 Å². The number of aromatic nitrogens is 2. The van der Waals surface area contributed by atoms with Gasteiger partial charge in [0.05, 0.1) is 24.7 Å². The van der Waals surface area contributed by atoms with Crippen molar-refractivity contribution in [3.8, 4) is 0 Å². The Balaban J connectivity index is 2.31. The molecule has 2 rings (SSSR count). The van der Waals surface area contributed by atoms with Gasteiger partial charge in [0.25, 0.3) is 0 Å². The van der Waals surface area contributed by atoms with Crippen LogP contribution in [0.3, 0.4) is 0 Å². The molecule has 0 saturated carbocycles. The van der Waals surface area contributed by atoms with Crippen LogP contribution in [0, 0.1) is 0 Å². The van der Waals surface area contributed by atoms with Gasteiger partial charge >= 0.3 is 0 Å². The molecule has 1 aliphatic rings. The predicted molar refractivity (Wildman–Crippen MR) is 52.0 cm³/mol. The van der Waals surface area contributed by atoms with Gasteiger partial charge in [-0.3, -0.25) is 4.68 Å². The minimum atomic E-state index is -3.07. The highest BCUT2D eigenvalue weighted by atomic mass is 32.2. The van der Waals surface area contributed by atoms with E-state index in [0.29, 0.717) is 13.1 Å². The van der Waals surface area contributed by atoms with Crippen molar-refractivity contribution in [2.75, 3.05) is 6.26 Å². The van der Waals surface area contributed by atoms with Gasteiger partial charge in [0.15, 0.2) is 0 Å². The molecule has 2 heterocycles. The first-order valence-corrected chi connectivity index (χ1v) is 6.36. The highest BCUT2D eigenvalue weighted by Crippen LogP contribution is 2.24. The first-order chi connectivity index (χ1) is 6.52. The molecule has 78 valence electrons. The molecule has 0 unspecified atom stereocenters. The summed E-state index contributed by atoms with van der Waals surface area (Å²) in [5.41, 5.74) is 2.05. The van der Waals surface area contributed by atoms with Crippen LogP contribution in [-0.2, 0) is 29.7 Å². The average molecular weight is 215 g/mol. The first-order valence-electron chi connectivity index (χ1n) is 4.51. The van der Waals surface area contributed by atoms with Crippen LogP contribution < -0.4 is 0 Å². The number of hydrogen-bond donors (Lipinski definition) is 0. The third kappa shape index (κ3) is 1.44. The van der Waals surface area contributed by atoms with Gasteiger partial charge in [-0.25, -0.2) is 8.42 Å². The van der Waals surface area contributed by atoms with Crippen molar-refractivity contribution >= 4 is 10.0 Å². The normalized spacial score (nSPS) is 17.3. The van der Waals surface area contributed by atoms with Crippen molar-refractivity contribution in [2.24, 2.45) is 0 Å². The summed E-state index contributed by atoms with van der Waals surface area (Å²) in [5.74, 6) is 0. The van der Waals surface area contributed by atoms with Crippen LogP contribution in [0.4, 0.5) is 0 Å². The maximum Gasteiger partial charge on any atom is 0.211 e. The van der Waals surface area contributed by atoms with E-state index in [-0.39, 0.29) is 0 Å². The summed E-state index contributed by atoms with van der Waals surface area (Å²) in [6.07, 6.45) is 2.99. The van der Waals surface area contributed by atoms with E-state index in [2.05, 4.69) is 5.10 Å². The predicted octanol–water partition coefficient (Wildman–Crippen LogP) is 0.178. The van der Waals surface area contributed by atoms with Crippen molar-refractivity contribution in [3.63, 3.8) is 0 Å². The second kappa shape index (κ2) is 3.06. The fraction of sp³-hybridized carbons (Fsp3) is 0.625. The van der Waals surface area contributed by atoms with E-state index >= 15 is 0 Å². The van der Waals surface area contributed by atoms with Crippen molar-refractivity contribution in [1.29, 1.82) is 0 Å². The molecular formula is C8H13N3O2S. The third-order valence-corrected chi connectivity index (χ3v) is 3.67. The van der Waals surface area contributed by atoms with Gasteiger partial charge in [0.2, 0.25) is 10.0 Å². The second-order valence-corrected chi connectivity index (χ2v) is 5.45. The minimum Gasteiger partial charge on any atom is -0.268 e. The standard InChI is InChI=1S/C8H13N3O2S/c1-3-11-8-6-10(14(2,12)13)5-7(8)4-9-11/h4H,3,5-6H2,1-2H3. The van der Waals surface area contributed by atoms with E-state index in [1.165, 1.54) is 10.6 Å². The lowest BCUT2D eigenvalue weighted by molar-refractivity contribution is 0.423. The molecule has 0 spiro atoms. The van der Waals surface area contributed by atoms with Crippen LogP contribution in [0.15, 0.2) is 6.20 Å². The summed E-state index contributed by atoms with van der Waals surface area (Å²) < 4.78 is 25.9. The lowest BCUT2D eigenvalue weighted by Crippen LogP contribution is -2.24. The Hall–Kier alpha value is -0.880. The number of sulfonamides is 1. The molecule has 0 fully saturated rings. The van der Waals surface area contributed by atoms with Crippen molar-refractivity contribution in [1.82, 2.24) is 14.1 Å². The zero-order valence-electron chi connectivity index (χ0n) is 8.27. The van der Waals surface area contributed by atoms with Gasteiger partial charge in [-0.2, -0.15) is 9.40 Å². The van der Waals surface area contributed by atoms with Crippen LogP contribution >= 0.6 is 0 Å². The molecule has 0 N–H and O–H groups in total. The Morgan fingerprint density at radius 3 is 2.79 bits per heavy atom. The van der Waals surface area contributed by atoms with E-state index in [1.807, 2.05) is 11.6 Å². The number of rotatable bonds is 2. The fourth-order valence-electron chi connectivity index (χ4n) is 1.68. The molecule has 1 aromatic heterocycles. The molecule has 0 amide bonds. The monoisotopic (exact) mass is 215 g/mol. The molecule has 0 aromatic carbocycles. The Morgan fingerprint density at radius 2 is 2.21 bits per heavy atom. The molecule has 1 aromatic rings. The number of hydrogen-bond acceptors (Lipinski definition) is 3. The van der Waals surface area contributed by atoms with Crippen molar-refractivity contribution in [2.45, 2.75) is 26.6 Å². The highest BCUT2D eigenvalue weighted by Gasteiger charge is 2.28.